The lowest BCUT2D eigenvalue weighted by atomic mass is 10.1. The van der Waals surface area contributed by atoms with Gasteiger partial charge in [-0.1, -0.05) is 30.3 Å². The highest BCUT2D eigenvalue weighted by molar-refractivity contribution is 6.12. The van der Waals surface area contributed by atoms with Crippen LogP contribution in [-0.2, 0) is 4.79 Å². The van der Waals surface area contributed by atoms with Crippen LogP contribution >= 0.6 is 0 Å². The molecule has 0 saturated carbocycles. The molecule has 2 N–H and O–H groups in total. The molecule has 1 aliphatic rings. The Bertz CT molecular complexity index is 867. The summed E-state index contributed by atoms with van der Waals surface area (Å²) in [6, 6.07) is 9.67. The van der Waals surface area contributed by atoms with Gasteiger partial charge in [0.15, 0.2) is 6.04 Å². The number of imide groups is 1. The average molecular weight is 377 g/mol. The number of hydrogen-bond donors (Lipinski definition) is 2. The molecule has 0 radical (unpaired) electrons. The third-order valence-electron chi connectivity index (χ3n) is 3.97. The van der Waals surface area contributed by atoms with Gasteiger partial charge < -0.3 is 5.32 Å². The molecule has 6 nitrogen and oxygen atoms in total. The van der Waals surface area contributed by atoms with E-state index in [4.69, 9.17) is 0 Å². The molecule has 2 aromatic carbocycles. The van der Waals surface area contributed by atoms with Crippen molar-refractivity contribution in [1.29, 1.82) is 0 Å². The molecule has 0 unspecified atom stereocenters. The molecule has 1 aliphatic heterocycles. The van der Waals surface area contributed by atoms with E-state index in [2.05, 4.69) is 5.32 Å². The summed E-state index contributed by atoms with van der Waals surface area (Å²) < 4.78 is 40.0. The number of amides is 4. The molecule has 0 aromatic heterocycles. The zero-order chi connectivity index (χ0) is 19.6. The maximum Gasteiger partial charge on any atom is 0.412 e. The normalized spacial score (nSPS) is 15.4. The van der Waals surface area contributed by atoms with Crippen molar-refractivity contribution in [3.63, 3.8) is 0 Å². The molecule has 1 saturated heterocycles. The van der Waals surface area contributed by atoms with Gasteiger partial charge in [-0.2, -0.15) is 13.2 Å². The number of benzene rings is 2. The number of anilines is 1. The smallest absolute Gasteiger partial charge is 0.337 e. The van der Waals surface area contributed by atoms with E-state index in [-0.39, 0.29) is 17.7 Å². The fraction of sp³-hybridized carbons (Fsp3) is 0.167. The minimum atomic E-state index is -4.66. The van der Waals surface area contributed by atoms with Crippen LogP contribution in [0.1, 0.15) is 22.0 Å². The highest BCUT2D eigenvalue weighted by atomic mass is 19.4. The number of alkyl halides is 3. The minimum absolute atomic E-state index is 0.00476. The standard InChI is InChI=1S/C18H14F3N3O3/c19-18(20,21)15(11-4-2-1-3-5-11)23-16(26)12-6-8-13(9-7-12)24-10-14(25)22-17(24)27/h1-9,15H,10H2,(H,23,26)(H,22,25,27)/t15-/m1/s1. The van der Waals surface area contributed by atoms with E-state index in [1.807, 2.05) is 5.32 Å². The van der Waals surface area contributed by atoms with Gasteiger partial charge in [0.25, 0.3) is 5.91 Å². The van der Waals surface area contributed by atoms with Gasteiger partial charge in [0.1, 0.15) is 6.54 Å². The van der Waals surface area contributed by atoms with Crippen LogP contribution in [0.15, 0.2) is 54.6 Å². The molecule has 27 heavy (non-hydrogen) atoms. The molecule has 0 aliphatic carbocycles. The lowest BCUT2D eigenvalue weighted by molar-refractivity contribution is -0.155. The zero-order valence-electron chi connectivity index (χ0n) is 13.8. The number of halogens is 3. The Morgan fingerprint density at radius 1 is 1.04 bits per heavy atom. The predicted molar refractivity (Wildman–Crippen MR) is 90.0 cm³/mol. The summed E-state index contributed by atoms with van der Waals surface area (Å²) in [5, 5.41) is 4.09. The summed E-state index contributed by atoms with van der Waals surface area (Å²) in [5.74, 6) is -1.37. The number of carbonyl (C=O) groups excluding carboxylic acids is 3. The highest BCUT2D eigenvalue weighted by Crippen LogP contribution is 2.32. The highest BCUT2D eigenvalue weighted by Gasteiger charge is 2.42. The van der Waals surface area contributed by atoms with Crippen molar-refractivity contribution < 1.29 is 27.6 Å². The molecule has 2 aromatic rings. The van der Waals surface area contributed by atoms with E-state index in [1.54, 1.807) is 6.07 Å². The second-order valence-corrected chi connectivity index (χ2v) is 5.85. The third-order valence-corrected chi connectivity index (χ3v) is 3.97. The number of nitrogens with one attached hydrogen (secondary N) is 2. The van der Waals surface area contributed by atoms with Crippen molar-refractivity contribution in [1.82, 2.24) is 10.6 Å². The molecule has 3 rings (SSSR count). The van der Waals surface area contributed by atoms with Crippen LogP contribution in [0.4, 0.5) is 23.7 Å². The summed E-state index contributed by atoms with van der Waals surface area (Å²) in [6.07, 6.45) is -4.66. The van der Waals surface area contributed by atoms with Gasteiger partial charge >= 0.3 is 12.2 Å². The van der Waals surface area contributed by atoms with E-state index in [0.717, 1.165) is 4.90 Å². The second kappa shape index (κ2) is 7.10. The van der Waals surface area contributed by atoms with Crippen LogP contribution in [0.3, 0.4) is 0 Å². The predicted octanol–water partition coefficient (Wildman–Crippen LogP) is 2.78. The molecule has 140 valence electrons. The van der Waals surface area contributed by atoms with Crippen LogP contribution in [0.25, 0.3) is 0 Å². The van der Waals surface area contributed by atoms with Crippen molar-refractivity contribution in [2.75, 3.05) is 11.4 Å². The van der Waals surface area contributed by atoms with Crippen LogP contribution in [0.5, 0.6) is 0 Å². The molecule has 1 heterocycles. The number of rotatable bonds is 4. The van der Waals surface area contributed by atoms with Gasteiger partial charge in [0.05, 0.1) is 0 Å². The summed E-state index contributed by atoms with van der Waals surface area (Å²) in [6.45, 7) is -0.158. The number of carbonyl (C=O) groups is 3. The van der Waals surface area contributed by atoms with Crippen molar-refractivity contribution in [3.05, 3.63) is 65.7 Å². The van der Waals surface area contributed by atoms with Crippen molar-refractivity contribution >= 4 is 23.5 Å². The van der Waals surface area contributed by atoms with Gasteiger partial charge in [-0.3, -0.25) is 19.8 Å². The van der Waals surface area contributed by atoms with Crippen LogP contribution < -0.4 is 15.5 Å². The maximum atomic E-state index is 13.3. The average Bonchev–Trinajstić information content (AvgIpc) is 2.97. The molecule has 1 atom stereocenters. The fourth-order valence-corrected chi connectivity index (χ4v) is 2.66. The van der Waals surface area contributed by atoms with E-state index in [9.17, 15) is 27.6 Å². The van der Waals surface area contributed by atoms with Crippen molar-refractivity contribution in [2.24, 2.45) is 0 Å². The van der Waals surface area contributed by atoms with Crippen LogP contribution in [0, 0.1) is 0 Å². The first-order valence-electron chi connectivity index (χ1n) is 7.89. The first-order valence-corrected chi connectivity index (χ1v) is 7.89. The second-order valence-electron chi connectivity index (χ2n) is 5.85. The quantitative estimate of drug-likeness (QED) is 0.805. The summed E-state index contributed by atoms with van der Waals surface area (Å²) in [4.78, 5) is 36.2. The molecular weight excluding hydrogens is 363 g/mol. The topological polar surface area (TPSA) is 78.5 Å². The Hall–Kier alpha value is -3.36. The lowest BCUT2D eigenvalue weighted by Crippen LogP contribution is -2.38. The largest absolute Gasteiger partial charge is 0.412 e. The Balaban J connectivity index is 1.77. The molecule has 9 heteroatoms. The molecule has 0 bridgehead atoms. The number of hydrogen-bond acceptors (Lipinski definition) is 3. The first kappa shape index (κ1) is 18.4. The fourth-order valence-electron chi connectivity index (χ4n) is 2.66. The summed E-state index contributed by atoms with van der Waals surface area (Å²) in [5.41, 5.74) is 0.266. The Morgan fingerprint density at radius 2 is 1.67 bits per heavy atom. The maximum absolute atomic E-state index is 13.3. The number of urea groups is 1. The van der Waals surface area contributed by atoms with E-state index in [1.165, 1.54) is 48.5 Å². The molecule has 0 spiro atoms. The minimum Gasteiger partial charge on any atom is -0.337 e. The van der Waals surface area contributed by atoms with Crippen LogP contribution in [-0.4, -0.2) is 30.6 Å². The number of nitrogens with zero attached hydrogens (tertiary/aromatic N) is 1. The van der Waals surface area contributed by atoms with Gasteiger partial charge in [0.2, 0.25) is 5.91 Å². The molecule has 1 fully saturated rings. The Kier molecular flexibility index (Phi) is 4.85. The Labute approximate surface area is 152 Å². The van der Waals surface area contributed by atoms with Gasteiger partial charge in [0, 0.05) is 11.3 Å². The van der Waals surface area contributed by atoms with Gasteiger partial charge in [-0.05, 0) is 29.8 Å². The third kappa shape index (κ3) is 4.08. The van der Waals surface area contributed by atoms with E-state index in [0.29, 0.717) is 5.69 Å². The van der Waals surface area contributed by atoms with E-state index < -0.39 is 30.1 Å². The summed E-state index contributed by atoms with van der Waals surface area (Å²) in [7, 11) is 0. The monoisotopic (exact) mass is 377 g/mol. The van der Waals surface area contributed by atoms with Gasteiger partial charge in [-0.15, -0.1) is 0 Å². The SMILES string of the molecule is O=C1CN(c2ccc(C(=O)N[C@H](c3ccccc3)C(F)(F)F)cc2)C(=O)N1. The van der Waals surface area contributed by atoms with Gasteiger partial charge in [-0.25, -0.2) is 4.79 Å². The summed E-state index contributed by atoms with van der Waals surface area (Å²) >= 11 is 0. The molecular formula is C18H14F3N3O3. The van der Waals surface area contributed by atoms with Crippen LogP contribution in [0.2, 0.25) is 0 Å². The zero-order valence-corrected chi connectivity index (χ0v) is 13.8. The van der Waals surface area contributed by atoms with Crippen molar-refractivity contribution in [2.45, 2.75) is 12.2 Å². The van der Waals surface area contributed by atoms with E-state index >= 15 is 0 Å². The molecule has 4 amide bonds. The van der Waals surface area contributed by atoms with Crippen molar-refractivity contribution in [3.8, 4) is 0 Å². The first-order chi connectivity index (χ1) is 12.8. The Morgan fingerprint density at radius 3 is 2.19 bits per heavy atom. The lowest BCUT2D eigenvalue weighted by Gasteiger charge is -2.22.